The fourth-order valence-electron chi connectivity index (χ4n) is 3.13. The van der Waals surface area contributed by atoms with Crippen molar-refractivity contribution in [2.24, 2.45) is 0 Å². The molecule has 3 heteroatoms. The van der Waals surface area contributed by atoms with Crippen LogP contribution in [-0.4, -0.2) is 49.8 Å². The van der Waals surface area contributed by atoms with Crippen LogP contribution in [0, 0.1) is 0 Å². The van der Waals surface area contributed by atoms with Crippen LogP contribution >= 0.6 is 0 Å². The summed E-state index contributed by atoms with van der Waals surface area (Å²) in [5.41, 5.74) is 0.382. The molecule has 2 fully saturated rings. The predicted octanol–water partition coefficient (Wildman–Crippen LogP) is 1.63. The van der Waals surface area contributed by atoms with Gasteiger partial charge in [0.2, 0.25) is 0 Å². The Balaban J connectivity index is 1.78. The molecule has 0 aliphatic carbocycles. The lowest BCUT2D eigenvalue weighted by atomic mass is 9.93. The van der Waals surface area contributed by atoms with E-state index in [1.807, 2.05) is 0 Å². The fourth-order valence-corrected chi connectivity index (χ4v) is 3.13. The number of hydrogen-bond acceptors (Lipinski definition) is 3. The standard InChI is InChI=1S/C13H26N2O/c1-3-13(7-5-8-14-13)11-15(2)10-12-6-4-9-16-12/h12,14H,3-11H2,1-2H3. The van der Waals surface area contributed by atoms with Crippen LogP contribution in [0.15, 0.2) is 0 Å². The van der Waals surface area contributed by atoms with E-state index in [0.717, 1.165) is 13.2 Å². The van der Waals surface area contributed by atoms with Gasteiger partial charge in [-0.3, -0.25) is 0 Å². The molecule has 0 bridgehead atoms. The number of nitrogens with one attached hydrogen (secondary N) is 1. The zero-order valence-corrected chi connectivity index (χ0v) is 10.8. The molecule has 0 aromatic carbocycles. The predicted molar refractivity (Wildman–Crippen MR) is 66.7 cm³/mol. The van der Waals surface area contributed by atoms with Crippen molar-refractivity contribution in [1.29, 1.82) is 0 Å². The molecule has 0 spiro atoms. The Labute approximate surface area is 99.5 Å². The van der Waals surface area contributed by atoms with Crippen molar-refractivity contribution in [2.45, 2.75) is 50.7 Å². The van der Waals surface area contributed by atoms with Gasteiger partial charge in [0.15, 0.2) is 0 Å². The van der Waals surface area contributed by atoms with Crippen molar-refractivity contribution in [3.63, 3.8) is 0 Å². The van der Waals surface area contributed by atoms with Gasteiger partial charge < -0.3 is 15.0 Å². The SMILES string of the molecule is CCC1(CN(C)CC2CCCO2)CCCN1. The van der Waals surface area contributed by atoms with Crippen LogP contribution in [0.5, 0.6) is 0 Å². The van der Waals surface area contributed by atoms with E-state index >= 15 is 0 Å². The van der Waals surface area contributed by atoms with Gasteiger partial charge in [0, 0.05) is 25.2 Å². The highest BCUT2D eigenvalue weighted by atomic mass is 16.5. The first kappa shape index (κ1) is 12.3. The molecule has 2 aliphatic heterocycles. The van der Waals surface area contributed by atoms with Gasteiger partial charge in [-0.15, -0.1) is 0 Å². The van der Waals surface area contributed by atoms with E-state index in [-0.39, 0.29) is 0 Å². The van der Waals surface area contributed by atoms with Crippen molar-refractivity contribution < 1.29 is 4.74 Å². The normalized spacial score (nSPS) is 35.1. The Morgan fingerprint density at radius 3 is 2.88 bits per heavy atom. The average Bonchev–Trinajstić information content (AvgIpc) is 2.90. The molecule has 0 aromatic heterocycles. The minimum absolute atomic E-state index is 0.382. The maximum Gasteiger partial charge on any atom is 0.0702 e. The van der Waals surface area contributed by atoms with Crippen LogP contribution in [0.4, 0.5) is 0 Å². The first-order valence-electron chi connectivity index (χ1n) is 6.79. The maximum atomic E-state index is 5.69. The Bertz CT molecular complexity index is 208. The minimum Gasteiger partial charge on any atom is -0.377 e. The van der Waals surface area contributed by atoms with E-state index in [9.17, 15) is 0 Å². The van der Waals surface area contributed by atoms with Crippen LogP contribution in [0.2, 0.25) is 0 Å². The van der Waals surface area contributed by atoms with E-state index in [4.69, 9.17) is 4.74 Å². The molecular weight excluding hydrogens is 200 g/mol. The molecule has 2 unspecified atom stereocenters. The summed E-state index contributed by atoms with van der Waals surface area (Å²) < 4.78 is 5.69. The molecule has 0 amide bonds. The zero-order chi connectivity index (χ0) is 11.4. The molecule has 2 heterocycles. The van der Waals surface area contributed by atoms with Crippen LogP contribution in [0.3, 0.4) is 0 Å². The monoisotopic (exact) mass is 226 g/mol. The number of ether oxygens (including phenoxy) is 1. The van der Waals surface area contributed by atoms with E-state index < -0.39 is 0 Å². The van der Waals surface area contributed by atoms with E-state index in [1.165, 1.54) is 45.2 Å². The molecule has 2 atom stereocenters. The van der Waals surface area contributed by atoms with Crippen molar-refractivity contribution in [3.8, 4) is 0 Å². The largest absolute Gasteiger partial charge is 0.377 e. The average molecular weight is 226 g/mol. The summed E-state index contributed by atoms with van der Waals surface area (Å²) in [6.07, 6.45) is 6.89. The molecule has 0 radical (unpaired) electrons. The lowest BCUT2D eigenvalue weighted by molar-refractivity contribution is 0.0721. The van der Waals surface area contributed by atoms with Crippen molar-refractivity contribution >= 4 is 0 Å². The highest BCUT2D eigenvalue weighted by molar-refractivity contribution is 4.94. The number of nitrogens with zero attached hydrogens (tertiary/aromatic N) is 1. The third kappa shape index (κ3) is 2.96. The Hall–Kier alpha value is -0.120. The minimum atomic E-state index is 0.382. The second kappa shape index (κ2) is 5.48. The first-order chi connectivity index (χ1) is 7.74. The molecule has 2 rings (SSSR count). The summed E-state index contributed by atoms with van der Waals surface area (Å²) in [4.78, 5) is 2.46. The Kier molecular flexibility index (Phi) is 4.22. The van der Waals surface area contributed by atoms with Crippen LogP contribution in [-0.2, 0) is 4.74 Å². The summed E-state index contributed by atoms with van der Waals surface area (Å²) in [6.45, 7) is 6.74. The molecule has 2 aliphatic rings. The molecule has 2 saturated heterocycles. The highest BCUT2D eigenvalue weighted by Gasteiger charge is 2.33. The van der Waals surface area contributed by atoms with Crippen LogP contribution in [0.1, 0.15) is 39.0 Å². The quantitative estimate of drug-likeness (QED) is 0.771. The first-order valence-corrected chi connectivity index (χ1v) is 6.79. The van der Waals surface area contributed by atoms with Gasteiger partial charge >= 0.3 is 0 Å². The molecule has 94 valence electrons. The summed E-state index contributed by atoms with van der Waals surface area (Å²) >= 11 is 0. The molecular formula is C13H26N2O. The Morgan fingerprint density at radius 2 is 2.31 bits per heavy atom. The third-order valence-electron chi connectivity index (χ3n) is 4.12. The molecule has 16 heavy (non-hydrogen) atoms. The van der Waals surface area contributed by atoms with Gasteiger partial charge in [0.25, 0.3) is 0 Å². The summed E-state index contributed by atoms with van der Waals surface area (Å²) in [7, 11) is 2.24. The van der Waals surface area contributed by atoms with Gasteiger partial charge in [-0.05, 0) is 45.7 Å². The van der Waals surface area contributed by atoms with Crippen LogP contribution in [0.25, 0.3) is 0 Å². The number of likely N-dealkylation sites (N-methyl/N-ethyl adjacent to an activating group) is 1. The molecule has 0 saturated carbocycles. The van der Waals surface area contributed by atoms with Crippen molar-refractivity contribution in [1.82, 2.24) is 10.2 Å². The van der Waals surface area contributed by atoms with Crippen molar-refractivity contribution in [3.05, 3.63) is 0 Å². The van der Waals surface area contributed by atoms with E-state index in [2.05, 4.69) is 24.2 Å². The molecule has 1 N–H and O–H groups in total. The smallest absolute Gasteiger partial charge is 0.0702 e. The number of rotatable bonds is 5. The summed E-state index contributed by atoms with van der Waals surface area (Å²) in [6, 6.07) is 0. The number of hydrogen-bond donors (Lipinski definition) is 1. The third-order valence-corrected chi connectivity index (χ3v) is 4.12. The fraction of sp³-hybridized carbons (Fsp3) is 1.00. The lowest BCUT2D eigenvalue weighted by Crippen LogP contribution is -2.49. The van der Waals surface area contributed by atoms with Gasteiger partial charge in [0.1, 0.15) is 0 Å². The van der Waals surface area contributed by atoms with Crippen LogP contribution < -0.4 is 5.32 Å². The second-order valence-corrected chi connectivity index (χ2v) is 5.50. The van der Waals surface area contributed by atoms with Crippen molar-refractivity contribution in [2.75, 3.05) is 33.3 Å². The highest BCUT2D eigenvalue weighted by Crippen LogP contribution is 2.24. The summed E-state index contributed by atoms with van der Waals surface area (Å²) in [5.74, 6) is 0. The Morgan fingerprint density at radius 1 is 1.44 bits per heavy atom. The van der Waals surface area contributed by atoms with Gasteiger partial charge in [0.05, 0.1) is 6.10 Å². The molecule has 3 nitrogen and oxygen atoms in total. The maximum absolute atomic E-state index is 5.69. The van der Waals surface area contributed by atoms with Gasteiger partial charge in [-0.1, -0.05) is 6.92 Å². The topological polar surface area (TPSA) is 24.5 Å². The van der Waals surface area contributed by atoms with Gasteiger partial charge in [-0.25, -0.2) is 0 Å². The van der Waals surface area contributed by atoms with Gasteiger partial charge in [-0.2, -0.15) is 0 Å². The second-order valence-electron chi connectivity index (χ2n) is 5.50. The van der Waals surface area contributed by atoms with E-state index in [0.29, 0.717) is 11.6 Å². The summed E-state index contributed by atoms with van der Waals surface area (Å²) in [5, 5.41) is 3.69. The zero-order valence-electron chi connectivity index (χ0n) is 10.8. The molecule has 0 aromatic rings. The van der Waals surface area contributed by atoms with E-state index in [1.54, 1.807) is 0 Å². The lowest BCUT2D eigenvalue weighted by Gasteiger charge is -2.34.